The van der Waals surface area contributed by atoms with Crippen molar-refractivity contribution in [2.24, 2.45) is 0 Å². The minimum Gasteiger partial charge on any atom is -0.365 e. The van der Waals surface area contributed by atoms with Crippen LogP contribution in [0.25, 0.3) is 60.7 Å². The average Bonchev–Trinajstić information content (AvgIpc) is 3.58. The van der Waals surface area contributed by atoms with Gasteiger partial charge in [0.1, 0.15) is 5.66 Å². The first-order chi connectivity index (χ1) is 22.2. The molecule has 7 aromatic rings. The van der Waals surface area contributed by atoms with E-state index >= 15 is 0 Å². The average molecular weight is 576 g/mol. The van der Waals surface area contributed by atoms with E-state index in [-0.39, 0.29) is 0 Å². The first-order valence-corrected chi connectivity index (χ1v) is 15.6. The Morgan fingerprint density at radius 1 is 0.600 bits per heavy atom. The monoisotopic (exact) mass is 575 g/mol. The van der Waals surface area contributed by atoms with Crippen LogP contribution in [0.4, 0.5) is 5.69 Å². The highest BCUT2D eigenvalue weighted by Crippen LogP contribution is 2.58. The van der Waals surface area contributed by atoms with Crippen molar-refractivity contribution in [2.75, 3.05) is 4.90 Å². The van der Waals surface area contributed by atoms with E-state index in [2.05, 4.69) is 174 Å². The Bertz CT molecular complexity index is 2420. The molecule has 0 saturated heterocycles. The summed E-state index contributed by atoms with van der Waals surface area (Å²) in [5.74, 6) is 0. The van der Waals surface area contributed by atoms with Crippen LogP contribution < -0.4 is 10.2 Å². The number of hydrogen-bond donors (Lipinski definition) is 1. The van der Waals surface area contributed by atoms with E-state index in [0.717, 1.165) is 5.69 Å². The first-order valence-electron chi connectivity index (χ1n) is 15.6. The standard InChI is InChI=1S/C42H29N3/c1-42-36(17-10-24-43-42)40(27-20-22-30(23-21-27)44-37-18-8-6-14-32(37)33-15-7-9-19-38(33)44)41-34-16-5-4-13-31(34)35-25-28-11-2-3-12-29(28)26-39(35)45(41)42/h2-26,43H,1H3. The number of rotatable bonds is 2. The fourth-order valence-corrected chi connectivity index (χ4v) is 8.01. The van der Waals surface area contributed by atoms with Gasteiger partial charge in [-0.1, -0.05) is 103 Å². The summed E-state index contributed by atoms with van der Waals surface area (Å²) in [5, 5.41) is 8.85. The molecule has 0 saturated carbocycles. The topological polar surface area (TPSA) is 20.2 Å². The third kappa shape index (κ3) is 3.25. The minimum atomic E-state index is -0.435. The Labute approximate surface area is 261 Å². The Hall–Kier alpha value is -5.80. The highest BCUT2D eigenvalue weighted by atomic mass is 15.4. The number of dihydropyridines is 1. The van der Waals surface area contributed by atoms with Gasteiger partial charge < -0.3 is 14.8 Å². The molecule has 45 heavy (non-hydrogen) atoms. The number of nitrogens with one attached hydrogen (secondary N) is 1. The maximum Gasteiger partial charge on any atom is 0.139 e. The van der Waals surface area contributed by atoms with Gasteiger partial charge in [-0.3, -0.25) is 0 Å². The smallest absolute Gasteiger partial charge is 0.139 e. The molecule has 0 amide bonds. The van der Waals surface area contributed by atoms with E-state index in [1.54, 1.807) is 0 Å². The second-order valence-corrected chi connectivity index (χ2v) is 12.4. The summed E-state index contributed by atoms with van der Waals surface area (Å²) < 4.78 is 2.39. The van der Waals surface area contributed by atoms with Gasteiger partial charge in [-0.25, -0.2) is 0 Å². The normalized spacial score (nSPS) is 18.1. The highest BCUT2D eigenvalue weighted by Gasteiger charge is 2.50. The van der Waals surface area contributed by atoms with Crippen molar-refractivity contribution >= 4 is 49.5 Å². The molecule has 3 aliphatic rings. The van der Waals surface area contributed by atoms with Crippen molar-refractivity contribution in [3.8, 4) is 16.8 Å². The lowest BCUT2D eigenvalue weighted by Gasteiger charge is -2.44. The molecule has 1 atom stereocenters. The first kappa shape index (κ1) is 24.6. The Morgan fingerprint density at radius 3 is 1.96 bits per heavy atom. The fourth-order valence-electron chi connectivity index (χ4n) is 8.01. The van der Waals surface area contributed by atoms with E-state index in [0.29, 0.717) is 0 Å². The van der Waals surface area contributed by atoms with Crippen molar-refractivity contribution in [1.29, 1.82) is 0 Å². The van der Waals surface area contributed by atoms with Crippen LogP contribution in [0.5, 0.6) is 0 Å². The van der Waals surface area contributed by atoms with Crippen LogP contribution in [0, 0.1) is 0 Å². The van der Waals surface area contributed by atoms with Crippen LogP contribution in [-0.4, -0.2) is 10.2 Å². The molecule has 212 valence electrons. The van der Waals surface area contributed by atoms with Gasteiger partial charge >= 0.3 is 0 Å². The summed E-state index contributed by atoms with van der Waals surface area (Å²) in [5.41, 5.74) is 13.2. The molecule has 10 rings (SSSR count). The maximum absolute atomic E-state index is 3.78. The van der Waals surface area contributed by atoms with Crippen LogP contribution >= 0.6 is 0 Å². The van der Waals surface area contributed by atoms with Crippen LogP contribution in [-0.2, 0) is 0 Å². The van der Waals surface area contributed by atoms with Crippen molar-refractivity contribution in [1.82, 2.24) is 9.88 Å². The molecule has 3 aliphatic heterocycles. The molecule has 0 fully saturated rings. The minimum absolute atomic E-state index is 0.435. The Morgan fingerprint density at radius 2 is 1.22 bits per heavy atom. The molecule has 4 heterocycles. The Balaban J connectivity index is 1.22. The summed E-state index contributed by atoms with van der Waals surface area (Å²) in [6, 6.07) is 48.9. The number of para-hydroxylation sites is 2. The molecular formula is C42H29N3. The molecule has 6 aromatic carbocycles. The quantitative estimate of drug-likeness (QED) is 0.221. The predicted molar refractivity (Wildman–Crippen MR) is 188 cm³/mol. The summed E-state index contributed by atoms with van der Waals surface area (Å²) in [4.78, 5) is 2.54. The number of hydrogen-bond acceptors (Lipinski definition) is 2. The van der Waals surface area contributed by atoms with Gasteiger partial charge in [-0.2, -0.15) is 0 Å². The van der Waals surface area contributed by atoms with Crippen molar-refractivity contribution < 1.29 is 0 Å². The van der Waals surface area contributed by atoms with Crippen LogP contribution in [0.2, 0.25) is 0 Å². The predicted octanol–water partition coefficient (Wildman–Crippen LogP) is 10.1. The van der Waals surface area contributed by atoms with Crippen LogP contribution in [0.15, 0.2) is 157 Å². The lowest BCUT2D eigenvalue weighted by molar-refractivity contribution is 0.501. The van der Waals surface area contributed by atoms with E-state index < -0.39 is 5.66 Å². The third-order valence-electron chi connectivity index (χ3n) is 10.00. The lowest BCUT2D eigenvalue weighted by Crippen LogP contribution is -2.54. The van der Waals surface area contributed by atoms with E-state index in [4.69, 9.17) is 0 Å². The zero-order valence-electron chi connectivity index (χ0n) is 24.8. The molecule has 3 heteroatoms. The zero-order chi connectivity index (χ0) is 29.7. The van der Waals surface area contributed by atoms with Gasteiger partial charge in [0.2, 0.25) is 0 Å². The molecule has 1 N–H and O–H groups in total. The molecule has 0 aliphatic carbocycles. The largest absolute Gasteiger partial charge is 0.365 e. The van der Waals surface area contributed by atoms with Gasteiger partial charge in [0.25, 0.3) is 0 Å². The summed E-state index contributed by atoms with van der Waals surface area (Å²) in [7, 11) is 0. The summed E-state index contributed by atoms with van der Waals surface area (Å²) in [6.07, 6.45) is 6.51. The van der Waals surface area contributed by atoms with Crippen molar-refractivity contribution in [2.45, 2.75) is 12.6 Å². The second kappa shape index (κ2) is 8.87. The molecule has 3 nitrogen and oxygen atoms in total. The van der Waals surface area contributed by atoms with Gasteiger partial charge in [-0.15, -0.1) is 0 Å². The lowest BCUT2D eigenvalue weighted by atomic mass is 9.87. The number of fused-ring (bicyclic) bond motifs is 12. The van der Waals surface area contributed by atoms with Gasteiger partial charge in [-0.05, 0) is 77.5 Å². The number of nitrogens with zero attached hydrogens (tertiary/aromatic N) is 2. The van der Waals surface area contributed by atoms with Gasteiger partial charge in [0.15, 0.2) is 0 Å². The third-order valence-corrected chi connectivity index (χ3v) is 10.00. The molecule has 0 spiro atoms. The Kier molecular flexibility index (Phi) is 4.85. The fraction of sp³-hybridized carbons (Fsp3) is 0.0476. The molecule has 0 bridgehead atoms. The SMILES string of the molecule is CC12NC=CC=C1C(c1ccc(-n3c4ccccc4c4ccccc43)cc1)=C1c3ccccc3-c3cc4ccccc4cc3N12. The van der Waals surface area contributed by atoms with Crippen molar-refractivity contribution in [3.05, 3.63) is 169 Å². The summed E-state index contributed by atoms with van der Waals surface area (Å²) >= 11 is 0. The molecular weight excluding hydrogens is 546 g/mol. The van der Waals surface area contributed by atoms with Gasteiger partial charge in [0, 0.05) is 38.7 Å². The van der Waals surface area contributed by atoms with Crippen LogP contribution in [0.3, 0.4) is 0 Å². The second-order valence-electron chi connectivity index (χ2n) is 12.4. The van der Waals surface area contributed by atoms with Crippen LogP contribution in [0.1, 0.15) is 18.1 Å². The zero-order valence-corrected chi connectivity index (χ0v) is 24.8. The van der Waals surface area contributed by atoms with Crippen molar-refractivity contribution in [3.63, 3.8) is 0 Å². The molecule has 1 aromatic heterocycles. The van der Waals surface area contributed by atoms with Gasteiger partial charge in [0.05, 0.1) is 22.4 Å². The number of aromatic nitrogens is 1. The number of benzene rings is 6. The maximum atomic E-state index is 3.78. The van der Waals surface area contributed by atoms with E-state index in [9.17, 15) is 0 Å². The summed E-state index contributed by atoms with van der Waals surface area (Å²) in [6.45, 7) is 2.31. The van der Waals surface area contributed by atoms with E-state index in [1.807, 2.05) is 0 Å². The molecule has 0 radical (unpaired) electrons. The highest BCUT2D eigenvalue weighted by molar-refractivity contribution is 6.17. The number of allylic oxidation sites excluding steroid dienone is 2. The number of anilines is 1. The molecule has 1 unspecified atom stereocenters. The van der Waals surface area contributed by atoms with E-state index in [1.165, 1.54) is 77.4 Å².